The number of nitrogens with zero attached hydrogens (tertiary/aromatic N) is 4. The van der Waals surface area contributed by atoms with Gasteiger partial charge in [0, 0.05) is 30.3 Å². The second-order valence-electron chi connectivity index (χ2n) is 6.28. The Hall–Kier alpha value is -2.76. The summed E-state index contributed by atoms with van der Waals surface area (Å²) in [5.74, 6) is 0. The third-order valence-corrected chi connectivity index (χ3v) is 4.85. The maximum atomic E-state index is 5.84. The monoisotopic (exact) mass is 360 g/mol. The molecule has 4 nitrogen and oxygen atoms in total. The molecular formula is C21H20N4S. The molecule has 2 aromatic carbocycles. The van der Waals surface area contributed by atoms with E-state index < -0.39 is 0 Å². The zero-order valence-electron chi connectivity index (χ0n) is 14.4. The highest BCUT2D eigenvalue weighted by molar-refractivity contribution is 7.80. The van der Waals surface area contributed by atoms with Crippen molar-refractivity contribution in [1.82, 2.24) is 9.88 Å². The molecular weight excluding hydrogens is 340 g/mol. The number of aromatic nitrogens is 1. The lowest BCUT2D eigenvalue weighted by molar-refractivity contribution is 0.269. The maximum absolute atomic E-state index is 5.84. The molecule has 5 heteroatoms. The van der Waals surface area contributed by atoms with E-state index >= 15 is 0 Å². The molecule has 1 aliphatic rings. The van der Waals surface area contributed by atoms with Crippen LogP contribution in [0, 0.1) is 0 Å². The van der Waals surface area contributed by atoms with Gasteiger partial charge in [-0.15, -0.1) is 0 Å². The van der Waals surface area contributed by atoms with Crippen molar-refractivity contribution in [3.8, 4) is 0 Å². The minimum absolute atomic E-state index is 0.751. The van der Waals surface area contributed by atoms with Crippen LogP contribution in [0.2, 0.25) is 0 Å². The molecule has 3 aromatic rings. The lowest BCUT2D eigenvalue weighted by Crippen LogP contribution is -2.58. The first-order valence-electron chi connectivity index (χ1n) is 8.62. The van der Waals surface area contributed by atoms with Gasteiger partial charge in [0.15, 0.2) is 5.11 Å². The Bertz CT molecular complexity index is 803. The molecule has 0 unspecified atom stereocenters. The van der Waals surface area contributed by atoms with Crippen molar-refractivity contribution in [2.45, 2.75) is 6.54 Å². The lowest BCUT2D eigenvalue weighted by atomic mass is 10.2. The summed E-state index contributed by atoms with van der Waals surface area (Å²) in [7, 11) is 0. The van der Waals surface area contributed by atoms with Gasteiger partial charge in [-0.25, -0.2) is 0 Å². The van der Waals surface area contributed by atoms with Crippen LogP contribution < -0.4 is 9.80 Å². The molecule has 130 valence electrons. The van der Waals surface area contributed by atoms with Gasteiger partial charge in [-0.3, -0.25) is 9.88 Å². The molecule has 1 aromatic heterocycles. The fourth-order valence-corrected chi connectivity index (χ4v) is 3.49. The van der Waals surface area contributed by atoms with Crippen LogP contribution in [0.15, 0.2) is 85.2 Å². The quantitative estimate of drug-likeness (QED) is 0.652. The van der Waals surface area contributed by atoms with E-state index in [1.165, 1.54) is 5.56 Å². The average molecular weight is 360 g/mol. The van der Waals surface area contributed by atoms with Gasteiger partial charge in [-0.05, 0) is 48.1 Å². The van der Waals surface area contributed by atoms with E-state index in [9.17, 15) is 0 Å². The zero-order valence-corrected chi connectivity index (χ0v) is 15.2. The molecule has 4 rings (SSSR count). The van der Waals surface area contributed by atoms with E-state index in [1.54, 1.807) is 6.20 Å². The SMILES string of the molecule is S=C1N(c2ccccc2)CN(Cc2cccnc2)CN1c1ccccc1. The molecule has 0 saturated carbocycles. The minimum atomic E-state index is 0.751. The molecule has 26 heavy (non-hydrogen) atoms. The summed E-state index contributed by atoms with van der Waals surface area (Å²) in [6.45, 7) is 2.32. The molecule has 0 amide bonds. The highest BCUT2D eigenvalue weighted by Gasteiger charge is 2.29. The third kappa shape index (κ3) is 3.59. The topological polar surface area (TPSA) is 22.6 Å². The van der Waals surface area contributed by atoms with Gasteiger partial charge in [0.2, 0.25) is 0 Å². The largest absolute Gasteiger partial charge is 0.305 e. The number of benzene rings is 2. The van der Waals surface area contributed by atoms with Crippen molar-refractivity contribution in [2.75, 3.05) is 23.1 Å². The minimum Gasteiger partial charge on any atom is -0.305 e. The first kappa shape index (κ1) is 16.7. The standard InChI is InChI=1S/C21H20N4S/c26-21-24(19-9-3-1-4-10-19)16-23(15-18-8-7-13-22-14-18)17-25(21)20-11-5-2-6-12-20/h1-14H,15-17H2. The van der Waals surface area contributed by atoms with Crippen LogP contribution in [0.4, 0.5) is 11.4 Å². The second-order valence-corrected chi connectivity index (χ2v) is 6.65. The fraction of sp³-hybridized carbons (Fsp3) is 0.143. The van der Waals surface area contributed by atoms with Crippen LogP contribution >= 0.6 is 12.2 Å². The molecule has 0 spiro atoms. The number of anilines is 2. The van der Waals surface area contributed by atoms with Crippen molar-refractivity contribution in [3.05, 3.63) is 90.8 Å². The Labute approximate surface area is 159 Å². The van der Waals surface area contributed by atoms with E-state index in [0.717, 1.165) is 36.4 Å². The van der Waals surface area contributed by atoms with E-state index in [2.05, 4.69) is 50.0 Å². The molecule has 0 bridgehead atoms. The van der Waals surface area contributed by atoms with E-state index in [4.69, 9.17) is 12.2 Å². The summed E-state index contributed by atoms with van der Waals surface area (Å²) in [5.41, 5.74) is 3.41. The average Bonchev–Trinajstić information content (AvgIpc) is 2.71. The number of hydrogen-bond donors (Lipinski definition) is 0. The summed E-state index contributed by atoms with van der Waals surface area (Å²) >= 11 is 5.84. The highest BCUT2D eigenvalue weighted by Crippen LogP contribution is 2.25. The summed E-state index contributed by atoms with van der Waals surface area (Å²) in [6.07, 6.45) is 3.73. The van der Waals surface area contributed by atoms with Crippen molar-refractivity contribution < 1.29 is 0 Å². The number of thiocarbonyl (C=S) groups is 1. The van der Waals surface area contributed by atoms with Crippen LogP contribution in [-0.2, 0) is 6.54 Å². The van der Waals surface area contributed by atoms with Gasteiger partial charge in [0.05, 0.1) is 13.3 Å². The van der Waals surface area contributed by atoms with Crippen molar-refractivity contribution >= 4 is 28.7 Å². The summed E-state index contributed by atoms with van der Waals surface area (Å²) < 4.78 is 0. The molecule has 1 fully saturated rings. The third-order valence-electron chi connectivity index (χ3n) is 4.41. The predicted molar refractivity (Wildman–Crippen MR) is 110 cm³/mol. The van der Waals surface area contributed by atoms with E-state index in [1.807, 2.05) is 48.7 Å². The number of pyridine rings is 1. The van der Waals surface area contributed by atoms with Gasteiger partial charge in [-0.1, -0.05) is 42.5 Å². The Morgan fingerprint density at radius 1 is 0.769 bits per heavy atom. The Morgan fingerprint density at radius 2 is 1.35 bits per heavy atom. The van der Waals surface area contributed by atoms with E-state index in [0.29, 0.717) is 0 Å². The second kappa shape index (κ2) is 7.64. The first-order valence-corrected chi connectivity index (χ1v) is 9.02. The van der Waals surface area contributed by atoms with Gasteiger partial charge in [0.1, 0.15) is 0 Å². The summed E-state index contributed by atoms with van der Waals surface area (Å²) in [4.78, 5) is 11.0. The Balaban J connectivity index is 1.65. The number of para-hydroxylation sites is 2. The Kier molecular flexibility index (Phi) is 4.91. The van der Waals surface area contributed by atoms with Crippen LogP contribution in [0.3, 0.4) is 0 Å². The molecule has 1 aliphatic heterocycles. The van der Waals surface area contributed by atoms with Crippen molar-refractivity contribution in [1.29, 1.82) is 0 Å². The van der Waals surface area contributed by atoms with Crippen LogP contribution in [0.1, 0.15) is 5.56 Å². The first-order chi connectivity index (χ1) is 12.8. The molecule has 2 heterocycles. The lowest BCUT2D eigenvalue weighted by Gasteiger charge is -2.44. The van der Waals surface area contributed by atoms with E-state index in [-0.39, 0.29) is 0 Å². The van der Waals surface area contributed by atoms with Gasteiger partial charge >= 0.3 is 0 Å². The van der Waals surface area contributed by atoms with Crippen LogP contribution in [0.25, 0.3) is 0 Å². The van der Waals surface area contributed by atoms with Crippen LogP contribution in [-0.4, -0.2) is 28.3 Å². The molecule has 0 N–H and O–H groups in total. The number of rotatable bonds is 4. The fourth-order valence-electron chi connectivity index (χ4n) is 3.16. The normalized spacial score (nSPS) is 15.3. The molecule has 1 saturated heterocycles. The maximum Gasteiger partial charge on any atom is 0.182 e. The van der Waals surface area contributed by atoms with Crippen molar-refractivity contribution in [2.24, 2.45) is 0 Å². The summed E-state index contributed by atoms with van der Waals surface area (Å²) in [5, 5.41) is 0.824. The molecule has 0 aliphatic carbocycles. The van der Waals surface area contributed by atoms with Gasteiger partial charge in [0.25, 0.3) is 0 Å². The highest BCUT2D eigenvalue weighted by atomic mass is 32.1. The smallest absolute Gasteiger partial charge is 0.182 e. The van der Waals surface area contributed by atoms with Crippen molar-refractivity contribution in [3.63, 3.8) is 0 Å². The van der Waals surface area contributed by atoms with Gasteiger partial charge < -0.3 is 9.80 Å². The molecule has 0 atom stereocenters. The summed E-state index contributed by atoms with van der Waals surface area (Å²) in [6, 6.07) is 24.7. The Morgan fingerprint density at radius 3 is 1.85 bits per heavy atom. The predicted octanol–water partition coefficient (Wildman–Crippen LogP) is 4.11. The number of hydrogen-bond acceptors (Lipinski definition) is 3. The molecule has 0 radical (unpaired) electrons. The van der Waals surface area contributed by atoms with Crippen LogP contribution in [0.5, 0.6) is 0 Å². The van der Waals surface area contributed by atoms with Gasteiger partial charge in [-0.2, -0.15) is 0 Å². The zero-order chi connectivity index (χ0) is 17.8.